The fourth-order valence-corrected chi connectivity index (χ4v) is 1.99. The number of nitrogens with two attached hydrogens (primary N) is 1. The molecule has 0 amide bonds. The van der Waals surface area contributed by atoms with E-state index in [0.717, 1.165) is 12.8 Å². The molecule has 0 aromatic carbocycles. The molecule has 1 aromatic heterocycles. The molecule has 1 aliphatic rings. The van der Waals surface area contributed by atoms with Crippen molar-refractivity contribution in [1.29, 1.82) is 0 Å². The van der Waals surface area contributed by atoms with Crippen LogP contribution in [-0.2, 0) is 10.0 Å². The Morgan fingerprint density at radius 3 is 2.59 bits per heavy atom. The summed E-state index contributed by atoms with van der Waals surface area (Å²) in [5.41, 5.74) is 0. The van der Waals surface area contributed by atoms with Crippen LogP contribution in [0.1, 0.15) is 12.8 Å². The van der Waals surface area contributed by atoms with Crippen molar-refractivity contribution < 1.29 is 13.2 Å². The monoisotopic (exact) mass is 257 g/mol. The van der Waals surface area contributed by atoms with Crippen LogP contribution < -0.4 is 14.8 Å². The molecular formula is C10H15N3O3S. The lowest BCUT2D eigenvalue weighted by Crippen LogP contribution is -2.17. The topological polar surface area (TPSA) is 85.5 Å². The maximum absolute atomic E-state index is 11.5. The van der Waals surface area contributed by atoms with Gasteiger partial charge in [0, 0.05) is 20.2 Å². The Labute approximate surface area is 100 Å². The van der Waals surface area contributed by atoms with E-state index in [4.69, 9.17) is 9.88 Å². The minimum absolute atomic E-state index is 0.0110. The summed E-state index contributed by atoms with van der Waals surface area (Å²) in [6, 6.07) is 1.42. The molecule has 1 aromatic rings. The van der Waals surface area contributed by atoms with E-state index in [2.05, 4.69) is 4.98 Å². The number of aromatic nitrogens is 1. The maximum Gasteiger partial charge on any atom is 0.241 e. The Morgan fingerprint density at radius 1 is 1.47 bits per heavy atom. The summed E-state index contributed by atoms with van der Waals surface area (Å²) in [6.45, 7) is 0. The van der Waals surface area contributed by atoms with Crippen LogP contribution in [0.3, 0.4) is 0 Å². The summed E-state index contributed by atoms with van der Waals surface area (Å²) in [5, 5.41) is 5.17. The number of hydrogen-bond donors (Lipinski definition) is 1. The quantitative estimate of drug-likeness (QED) is 0.840. The molecule has 94 valence electrons. The van der Waals surface area contributed by atoms with E-state index in [1.165, 1.54) is 12.3 Å². The van der Waals surface area contributed by atoms with Crippen molar-refractivity contribution in [2.45, 2.75) is 23.8 Å². The van der Waals surface area contributed by atoms with Gasteiger partial charge < -0.3 is 9.64 Å². The highest BCUT2D eigenvalue weighted by Crippen LogP contribution is 2.31. The number of pyridine rings is 1. The van der Waals surface area contributed by atoms with Gasteiger partial charge in [-0.3, -0.25) is 0 Å². The zero-order valence-corrected chi connectivity index (χ0v) is 10.6. The molecule has 0 atom stereocenters. The lowest BCUT2D eigenvalue weighted by Gasteiger charge is -2.14. The van der Waals surface area contributed by atoms with Crippen molar-refractivity contribution in [3.05, 3.63) is 12.3 Å². The molecule has 1 aliphatic carbocycles. The largest absolute Gasteiger partial charge is 0.487 e. The fraction of sp³-hybridized carbons (Fsp3) is 0.500. The molecule has 0 aliphatic heterocycles. The summed E-state index contributed by atoms with van der Waals surface area (Å²) in [7, 11) is -0.250. The lowest BCUT2D eigenvalue weighted by atomic mass is 10.4. The second-order valence-corrected chi connectivity index (χ2v) is 5.78. The van der Waals surface area contributed by atoms with Crippen LogP contribution in [0.25, 0.3) is 0 Å². The lowest BCUT2D eigenvalue weighted by molar-refractivity contribution is 0.294. The van der Waals surface area contributed by atoms with Crippen molar-refractivity contribution in [1.82, 2.24) is 4.98 Å². The first kappa shape index (κ1) is 12.1. The van der Waals surface area contributed by atoms with Gasteiger partial charge in [-0.05, 0) is 12.8 Å². The molecule has 1 saturated carbocycles. The molecule has 17 heavy (non-hydrogen) atoms. The third-order valence-electron chi connectivity index (χ3n) is 2.40. The summed E-state index contributed by atoms with van der Waals surface area (Å²) in [5.74, 6) is 0.762. The molecule has 6 nitrogen and oxygen atoms in total. The van der Waals surface area contributed by atoms with Crippen LogP contribution in [0.4, 0.5) is 5.82 Å². The Kier molecular flexibility index (Phi) is 2.96. The normalized spacial score (nSPS) is 15.7. The van der Waals surface area contributed by atoms with Gasteiger partial charge in [-0.25, -0.2) is 18.5 Å². The fourth-order valence-electron chi connectivity index (χ4n) is 1.33. The van der Waals surface area contributed by atoms with Gasteiger partial charge in [0.05, 0.1) is 12.3 Å². The molecule has 0 saturated heterocycles. The average Bonchev–Trinajstić information content (AvgIpc) is 3.00. The van der Waals surface area contributed by atoms with Crippen LogP contribution in [0, 0.1) is 0 Å². The first-order valence-corrected chi connectivity index (χ1v) is 6.79. The summed E-state index contributed by atoms with van der Waals surface area (Å²) < 4.78 is 28.4. The Hall–Kier alpha value is -1.34. The van der Waals surface area contributed by atoms with Crippen molar-refractivity contribution in [2.24, 2.45) is 5.14 Å². The van der Waals surface area contributed by atoms with E-state index in [0.29, 0.717) is 5.82 Å². The molecule has 2 rings (SSSR count). The molecule has 1 heterocycles. The number of sulfonamides is 1. The zero-order valence-electron chi connectivity index (χ0n) is 9.75. The van der Waals surface area contributed by atoms with Gasteiger partial charge in [-0.15, -0.1) is 0 Å². The van der Waals surface area contributed by atoms with Gasteiger partial charge in [0.1, 0.15) is 10.7 Å². The SMILES string of the molecule is CN(C)c1cc(S(N)(=O)=O)c(OC2CC2)cn1. The number of anilines is 1. The van der Waals surface area contributed by atoms with E-state index in [1.54, 1.807) is 19.0 Å². The Morgan fingerprint density at radius 2 is 2.12 bits per heavy atom. The molecule has 7 heteroatoms. The van der Waals surface area contributed by atoms with Gasteiger partial charge in [0.15, 0.2) is 5.75 Å². The molecular weight excluding hydrogens is 242 g/mol. The predicted octanol–water partition coefficient (Wildman–Crippen LogP) is 0.336. The van der Waals surface area contributed by atoms with E-state index in [9.17, 15) is 8.42 Å². The van der Waals surface area contributed by atoms with Gasteiger partial charge in [-0.2, -0.15) is 0 Å². The number of rotatable bonds is 4. The third-order valence-corrected chi connectivity index (χ3v) is 3.33. The van der Waals surface area contributed by atoms with E-state index in [1.807, 2.05) is 0 Å². The Balaban J connectivity index is 2.43. The van der Waals surface area contributed by atoms with Crippen LogP contribution in [0.2, 0.25) is 0 Å². The highest BCUT2D eigenvalue weighted by molar-refractivity contribution is 7.89. The minimum atomic E-state index is -3.80. The zero-order chi connectivity index (χ0) is 12.6. The number of nitrogens with zero attached hydrogens (tertiary/aromatic N) is 2. The smallest absolute Gasteiger partial charge is 0.241 e. The second-order valence-electron chi connectivity index (χ2n) is 4.25. The standard InChI is InChI=1S/C10H15N3O3S/c1-13(2)10-5-9(17(11,14)15)8(6-12-10)16-7-3-4-7/h5-7H,3-4H2,1-2H3,(H2,11,14,15). The highest BCUT2D eigenvalue weighted by atomic mass is 32.2. The van der Waals surface area contributed by atoms with Crippen molar-refractivity contribution in [2.75, 3.05) is 19.0 Å². The van der Waals surface area contributed by atoms with Gasteiger partial charge >= 0.3 is 0 Å². The Bertz CT molecular complexity index is 524. The van der Waals surface area contributed by atoms with Gasteiger partial charge in [-0.1, -0.05) is 0 Å². The highest BCUT2D eigenvalue weighted by Gasteiger charge is 2.27. The maximum atomic E-state index is 11.5. The molecule has 0 unspecified atom stereocenters. The van der Waals surface area contributed by atoms with Crippen LogP contribution in [0.5, 0.6) is 5.75 Å². The summed E-state index contributed by atoms with van der Waals surface area (Å²) in [6.07, 6.45) is 3.40. The molecule has 2 N–H and O–H groups in total. The van der Waals surface area contributed by atoms with Crippen molar-refractivity contribution in [3.8, 4) is 5.75 Å². The molecule has 1 fully saturated rings. The van der Waals surface area contributed by atoms with Gasteiger partial charge in [0.2, 0.25) is 10.0 Å². The predicted molar refractivity (Wildman–Crippen MR) is 63.6 cm³/mol. The third kappa shape index (κ3) is 2.86. The molecule has 0 radical (unpaired) electrons. The number of hydrogen-bond acceptors (Lipinski definition) is 5. The number of primary sulfonamides is 1. The first-order chi connectivity index (χ1) is 7.88. The molecule has 0 bridgehead atoms. The first-order valence-electron chi connectivity index (χ1n) is 5.25. The van der Waals surface area contributed by atoms with E-state index >= 15 is 0 Å². The summed E-state index contributed by atoms with van der Waals surface area (Å²) >= 11 is 0. The summed E-state index contributed by atoms with van der Waals surface area (Å²) in [4.78, 5) is 5.81. The van der Waals surface area contributed by atoms with E-state index < -0.39 is 10.0 Å². The minimum Gasteiger partial charge on any atom is -0.487 e. The number of ether oxygens (including phenoxy) is 1. The van der Waals surface area contributed by atoms with Crippen molar-refractivity contribution >= 4 is 15.8 Å². The average molecular weight is 257 g/mol. The van der Waals surface area contributed by atoms with Gasteiger partial charge in [0.25, 0.3) is 0 Å². The van der Waals surface area contributed by atoms with Crippen LogP contribution in [-0.4, -0.2) is 33.6 Å². The van der Waals surface area contributed by atoms with Crippen LogP contribution >= 0.6 is 0 Å². The molecule has 0 spiro atoms. The second kappa shape index (κ2) is 4.15. The van der Waals surface area contributed by atoms with Crippen molar-refractivity contribution in [3.63, 3.8) is 0 Å². The van der Waals surface area contributed by atoms with E-state index in [-0.39, 0.29) is 16.7 Å². The van der Waals surface area contributed by atoms with Crippen LogP contribution in [0.15, 0.2) is 17.2 Å².